The van der Waals surface area contributed by atoms with Crippen molar-refractivity contribution in [3.8, 4) is 0 Å². The van der Waals surface area contributed by atoms with E-state index in [1.807, 2.05) is 6.92 Å². The highest BCUT2D eigenvalue weighted by atomic mass is 32.1. The molecule has 1 aromatic heterocycles. The summed E-state index contributed by atoms with van der Waals surface area (Å²) in [6.07, 6.45) is 0. The fourth-order valence-corrected chi connectivity index (χ4v) is 2.47. The summed E-state index contributed by atoms with van der Waals surface area (Å²) >= 11 is 1.76. The molecule has 0 fully saturated rings. The molecule has 1 aromatic carbocycles. The molecular formula is C13H16N2S. The van der Waals surface area contributed by atoms with Gasteiger partial charge < -0.3 is 5.32 Å². The summed E-state index contributed by atoms with van der Waals surface area (Å²) in [7, 11) is 0. The molecule has 0 unspecified atom stereocenters. The van der Waals surface area contributed by atoms with Crippen molar-refractivity contribution in [2.75, 3.05) is 5.32 Å². The molecule has 0 bridgehead atoms. The molecule has 2 nitrogen and oxygen atoms in total. The van der Waals surface area contributed by atoms with Crippen LogP contribution in [0.1, 0.15) is 21.1 Å². The van der Waals surface area contributed by atoms with Crippen molar-refractivity contribution in [1.82, 2.24) is 4.98 Å². The number of nitrogens with one attached hydrogen (secondary N) is 1. The zero-order valence-electron chi connectivity index (χ0n) is 9.87. The highest BCUT2D eigenvalue weighted by molar-refractivity contribution is 7.11. The van der Waals surface area contributed by atoms with Crippen molar-refractivity contribution in [3.63, 3.8) is 0 Å². The number of aryl methyl sites for hydroxylation is 3. The van der Waals surface area contributed by atoms with Gasteiger partial charge in [-0.2, -0.15) is 0 Å². The van der Waals surface area contributed by atoms with E-state index in [-0.39, 0.29) is 0 Å². The maximum Gasteiger partial charge on any atom is 0.0900 e. The van der Waals surface area contributed by atoms with Crippen molar-refractivity contribution < 1.29 is 0 Å². The van der Waals surface area contributed by atoms with Crippen molar-refractivity contribution in [2.45, 2.75) is 27.3 Å². The third-order valence-electron chi connectivity index (χ3n) is 2.50. The van der Waals surface area contributed by atoms with Crippen LogP contribution in [0.3, 0.4) is 0 Å². The molecule has 0 aliphatic carbocycles. The lowest BCUT2D eigenvalue weighted by Gasteiger charge is -2.05. The standard InChI is InChI=1S/C13H16N2S/c1-9-4-6-12(7-5-9)14-8-13-10(2)15-11(3)16-13/h4-7,14H,8H2,1-3H3. The van der Waals surface area contributed by atoms with Gasteiger partial charge in [-0.25, -0.2) is 4.98 Å². The van der Waals surface area contributed by atoms with Crippen molar-refractivity contribution in [2.24, 2.45) is 0 Å². The Morgan fingerprint density at radius 2 is 1.81 bits per heavy atom. The molecule has 16 heavy (non-hydrogen) atoms. The molecule has 0 spiro atoms. The number of benzene rings is 1. The van der Waals surface area contributed by atoms with E-state index in [4.69, 9.17) is 0 Å². The van der Waals surface area contributed by atoms with Crippen LogP contribution in [-0.4, -0.2) is 4.98 Å². The van der Waals surface area contributed by atoms with E-state index in [0.29, 0.717) is 0 Å². The lowest BCUT2D eigenvalue weighted by atomic mass is 10.2. The van der Waals surface area contributed by atoms with Gasteiger partial charge in [0.15, 0.2) is 0 Å². The van der Waals surface area contributed by atoms with Gasteiger partial charge in [-0.15, -0.1) is 11.3 Å². The molecule has 0 amide bonds. The minimum Gasteiger partial charge on any atom is -0.380 e. The quantitative estimate of drug-likeness (QED) is 0.873. The number of hydrogen-bond donors (Lipinski definition) is 1. The van der Waals surface area contributed by atoms with Crippen LogP contribution in [-0.2, 0) is 6.54 Å². The van der Waals surface area contributed by atoms with Crippen LogP contribution < -0.4 is 5.32 Å². The van der Waals surface area contributed by atoms with E-state index < -0.39 is 0 Å². The maximum absolute atomic E-state index is 4.42. The molecule has 0 saturated heterocycles. The van der Waals surface area contributed by atoms with E-state index in [0.717, 1.165) is 22.9 Å². The van der Waals surface area contributed by atoms with E-state index in [1.54, 1.807) is 11.3 Å². The first kappa shape index (κ1) is 11.1. The molecule has 3 heteroatoms. The first-order valence-electron chi connectivity index (χ1n) is 5.38. The molecule has 1 heterocycles. The molecular weight excluding hydrogens is 216 g/mol. The second-order valence-corrected chi connectivity index (χ2v) is 5.25. The zero-order chi connectivity index (χ0) is 11.5. The van der Waals surface area contributed by atoms with Gasteiger partial charge >= 0.3 is 0 Å². The van der Waals surface area contributed by atoms with E-state index in [1.165, 1.54) is 10.4 Å². The van der Waals surface area contributed by atoms with Gasteiger partial charge in [0.05, 0.1) is 17.2 Å². The van der Waals surface area contributed by atoms with Crippen LogP contribution in [0, 0.1) is 20.8 Å². The topological polar surface area (TPSA) is 24.9 Å². The second kappa shape index (κ2) is 4.66. The number of anilines is 1. The molecule has 0 saturated carbocycles. The third-order valence-corrected chi connectivity index (χ3v) is 3.58. The minimum absolute atomic E-state index is 0.862. The predicted octanol–water partition coefficient (Wildman–Crippen LogP) is 3.68. The molecule has 0 radical (unpaired) electrons. The van der Waals surface area contributed by atoms with E-state index >= 15 is 0 Å². The highest BCUT2D eigenvalue weighted by Crippen LogP contribution is 2.19. The lowest BCUT2D eigenvalue weighted by Crippen LogP contribution is -1.98. The molecule has 2 aromatic rings. The monoisotopic (exact) mass is 232 g/mol. The Morgan fingerprint density at radius 3 is 2.38 bits per heavy atom. The summed E-state index contributed by atoms with van der Waals surface area (Å²) in [6.45, 7) is 7.07. The second-order valence-electron chi connectivity index (χ2n) is 3.96. The molecule has 84 valence electrons. The Morgan fingerprint density at radius 1 is 1.12 bits per heavy atom. The average Bonchev–Trinajstić information content (AvgIpc) is 2.57. The van der Waals surface area contributed by atoms with Crippen LogP contribution >= 0.6 is 11.3 Å². The summed E-state index contributed by atoms with van der Waals surface area (Å²) in [6, 6.07) is 8.46. The number of thiazole rings is 1. The average molecular weight is 232 g/mol. The first-order valence-corrected chi connectivity index (χ1v) is 6.20. The molecule has 1 N–H and O–H groups in total. The van der Waals surface area contributed by atoms with E-state index in [9.17, 15) is 0 Å². The van der Waals surface area contributed by atoms with Crippen LogP contribution in [0.5, 0.6) is 0 Å². The van der Waals surface area contributed by atoms with Gasteiger partial charge in [-0.1, -0.05) is 17.7 Å². The molecule has 2 rings (SSSR count). The third kappa shape index (κ3) is 2.61. The highest BCUT2D eigenvalue weighted by Gasteiger charge is 2.03. The Labute approximate surface area is 100 Å². The zero-order valence-corrected chi connectivity index (χ0v) is 10.7. The van der Waals surface area contributed by atoms with Crippen molar-refractivity contribution in [3.05, 3.63) is 45.4 Å². The Kier molecular flexibility index (Phi) is 3.25. The summed E-state index contributed by atoms with van der Waals surface area (Å²) in [5.41, 5.74) is 3.59. The lowest BCUT2D eigenvalue weighted by molar-refractivity contribution is 1.11. The first-order chi connectivity index (χ1) is 7.65. The Hall–Kier alpha value is -1.35. The van der Waals surface area contributed by atoms with E-state index in [2.05, 4.69) is 48.4 Å². The number of nitrogens with zero attached hydrogens (tertiary/aromatic N) is 1. The van der Waals surface area contributed by atoms with Crippen molar-refractivity contribution in [1.29, 1.82) is 0 Å². The molecule has 0 atom stereocenters. The summed E-state index contributed by atoms with van der Waals surface area (Å²) in [4.78, 5) is 5.73. The fraction of sp³-hybridized carbons (Fsp3) is 0.308. The summed E-state index contributed by atoms with van der Waals surface area (Å²) in [5.74, 6) is 0. The van der Waals surface area contributed by atoms with Crippen molar-refractivity contribution >= 4 is 17.0 Å². The van der Waals surface area contributed by atoms with Gasteiger partial charge in [0.2, 0.25) is 0 Å². The summed E-state index contributed by atoms with van der Waals surface area (Å²) in [5, 5.41) is 4.55. The largest absolute Gasteiger partial charge is 0.380 e. The van der Waals surface area contributed by atoms with Gasteiger partial charge in [0, 0.05) is 10.6 Å². The normalized spacial score (nSPS) is 10.4. The predicted molar refractivity (Wildman–Crippen MR) is 70.1 cm³/mol. The van der Waals surface area contributed by atoms with Crippen LogP contribution in [0.25, 0.3) is 0 Å². The molecule has 0 aliphatic heterocycles. The van der Waals surface area contributed by atoms with Crippen LogP contribution in [0.15, 0.2) is 24.3 Å². The van der Waals surface area contributed by atoms with Gasteiger partial charge in [0.1, 0.15) is 0 Å². The Balaban J connectivity index is 2.02. The van der Waals surface area contributed by atoms with Crippen LogP contribution in [0.4, 0.5) is 5.69 Å². The number of aromatic nitrogens is 1. The van der Waals surface area contributed by atoms with Crippen LogP contribution in [0.2, 0.25) is 0 Å². The minimum atomic E-state index is 0.862. The van der Waals surface area contributed by atoms with Gasteiger partial charge in [-0.05, 0) is 32.9 Å². The number of rotatable bonds is 3. The summed E-state index contributed by atoms with van der Waals surface area (Å²) < 4.78 is 0. The number of hydrogen-bond acceptors (Lipinski definition) is 3. The van der Waals surface area contributed by atoms with Gasteiger partial charge in [-0.3, -0.25) is 0 Å². The smallest absolute Gasteiger partial charge is 0.0900 e. The van der Waals surface area contributed by atoms with Gasteiger partial charge in [0.25, 0.3) is 0 Å². The SMILES string of the molecule is Cc1ccc(NCc2sc(C)nc2C)cc1. The maximum atomic E-state index is 4.42. The Bertz CT molecular complexity index is 471. The fourth-order valence-electron chi connectivity index (χ4n) is 1.59. The molecule has 0 aliphatic rings.